The molecule has 0 saturated carbocycles. The lowest BCUT2D eigenvalue weighted by Gasteiger charge is -2.05. The molecular weight excluding hydrogens is 194 g/mol. The van der Waals surface area contributed by atoms with Gasteiger partial charge >= 0.3 is 5.97 Å². The molecule has 5 nitrogen and oxygen atoms in total. The van der Waals surface area contributed by atoms with Crippen LogP contribution in [0.4, 0.5) is 0 Å². The summed E-state index contributed by atoms with van der Waals surface area (Å²) in [5, 5.41) is 9.92. The predicted octanol–water partition coefficient (Wildman–Crippen LogP) is -0.656. The molecule has 0 spiro atoms. The van der Waals surface area contributed by atoms with E-state index >= 15 is 0 Å². The van der Waals surface area contributed by atoms with E-state index in [0.29, 0.717) is 6.54 Å². The summed E-state index contributed by atoms with van der Waals surface area (Å²) in [4.78, 5) is 21.2. The monoisotopic (exact) mass is 207 g/mol. The summed E-state index contributed by atoms with van der Waals surface area (Å²) in [7, 11) is -1.64. The smallest absolute Gasteiger partial charge is 0.318 e. The molecule has 2 atom stereocenters. The lowest BCUT2D eigenvalue weighted by atomic mass is 10.5. The quantitative estimate of drug-likeness (QED) is 0.627. The summed E-state index contributed by atoms with van der Waals surface area (Å²) in [5.74, 6) is -1.78. The van der Waals surface area contributed by atoms with Crippen LogP contribution in [0.1, 0.15) is 13.8 Å². The summed E-state index contributed by atoms with van der Waals surface area (Å²) in [6.07, 6.45) is 0. The molecule has 2 N–H and O–H groups in total. The van der Waals surface area contributed by atoms with Crippen molar-refractivity contribution in [3.8, 4) is 0 Å². The molecule has 0 aliphatic carbocycles. The SMILES string of the molecule is CCNC(=O)CS(=O)C(C)C(=O)O. The van der Waals surface area contributed by atoms with Crippen LogP contribution in [0.3, 0.4) is 0 Å². The second-order valence-corrected chi connectivity index (χ2v) is 4.22. The molecule has 0 aliphatic heterocycles. The fourth-order valence-corrected chi connectivity index (χ4v) is 1.45. The Bertz CT molecular complexity index is 229. The van der Waals surface area contributed by atoms with E-state index in [1.54, 1.807) is 6.92 Å². The number of carboxylic acid groups (broad SMARTS) is 1. The van der Waals surface area contributed by atoms with Gasteiger partial charge in [-0.25, -0.2) is 0 Å². The Labute approximate surface area is 79.0 Å². The number of carbonyl (C=O) groups excluding carboxylic acids is 1. The van der Waals surface area contributed by atoms with Gasteiger partial charge in [0.05, 0.1) is 0 Å². The van der Waals surface area contributed by atoms with Crippen molar-refractivity contribution in [2.75, 3.05) is 12.3 Å². The molecule has 0 aromatic heterocycles. The topological polar surface area (TPSA) is 83.5 Å². The summed E-state index contributed by atoms with van der Waals surface area (Å²) < 4.78 is 11.1. The number of hydrogen-bond acceptors (Lipinski definition) is 3. The normalized spacial score (nSPS) is 14.6. The van der Waals surface area contributed by atoms with E-state index in [9.17, 15) is 13.8 Å². The second-order valence-electron chi connectivity index (χ2n) is 2.46. The van der Waals surface area contributed by atoms with E-state index in [1.807, 2.05) is 0 Å². The molecule has 76 valence electrons. The van der Waals surface area contributed by atoms with Crippen molar-refractivity contribution in [1.29, 1.82) is 0 Å². The molecule has 0 aromatic carbocycles. The minimum Gasteiger partial charge on any atom is -0.480 e. The molecular formula is C7H13NO4S. The Hall–Kier alpha value is -0.910. The Morgan fingerprint density at radius 3 is 2.46 bits per heavy atom. The van der Waals surface area contributed by atoms with Gasteiger partial charge < -0.3 is 10.4 Å². The molecule has 0 saturated heterocycles. The van der Waals surface area contributed by atoms with Crippen LogP contribution in [-0.2, 0) is 20.4 Å². The van der Waals surface area contributed by atoms with Gasteiger partial charge in [-0.1, -0.05) is 0 Å². The first kappa shape index (κ1) is 12.1. The van der Waals surface area contributed by atoms with Crippen LogP contribution in [0.15, 0.2) is 0 Å². The molecule has 13 heavy (non-hydrogen) atoms. The number of aliphatic carboxylic acids is 1. The van der Waals surface area contributed by atoms with Crippen molar-refractivity contribution < 1.29 is 18.9 Å². The average molecular weight is 207 g/mol. The average Bonchev–Trinajstić information content (AvgIpc) is 2.03. The van der Waals surface area contributed by atoms with Crippen LogP contribution in [0, 0.1) is 0 Å². The number of amides is 1. The molecule has 0 aliphatic rings. The first-order valence-electron chi connectivity index (χ1n) is 3.85. The maximum atomic E-state index is 11.1. The zero-order chi connectivity index (χ0) is 10.4. The lowest BCUT2D eigenvalue weighted by Crippen LogP contribution is -2.33. The third-order valence-electron chi connectivity index (χ3n) is 1.39. The highest BCUT2D eigenvalue weighted by Crippen LogP contribution is 1.95. The maximum absolute atomic E-state index is 11.1. The molecule has 6 heteroatoms. The molecule has 0 rings (SSSR count). The van der Waals surface area contributed by atoms with Crippen molar-refractivity contribution in [3.05, 3.63) is 0 Å². The highest BCUT2D eigenvalue weighted by Gasteiger charge is 2.20. The largest absolute Gasteiger partial charge is 0.480 e. The fourth-order valence-electron chi connectivity index (χ4n) is 0.615. The molecule has 0 radical (unpaired) electrons. The van der Waals surface area contributed by atoms with Crippen molar-refractivity contribution in [2.45, 2.75) is 19.1 Å². The van der Waals surface area contributed by atoms with E-state index < -0.39 is 22.0 Å². The number of nitrogens with one attached hydrogen (secondary N) is 1. The van der Waals surface area contributed by atoms with Crippen LogP contribution in [0.5, 0.6) is 0 Å². The second kappa shape index (κ2) is 5.69. The van der Waals surface area contributed by atoms with Gasteiger partial charge in [0.15, 0.2) is 0 Å². The highest BCUT2D eigenvalue weighted by atomic mass is 32.2. The van der Waals surface area contributed by atoms with Gasteiger partial charge in [-0.3, -0.25) is 13.8 Å². The molecule has 2 unspecified atom stereocenters. The van der Waals surface area contributed by atoms with Crippen LogP contribution in [0.25, 0.3) is 0 Å². The standard InChI is InChI=1S/C7H13NO4S/c1-3-8-6(9)4-13(12)5(2)7(10)11/h5H,3-4H2,1-2H3,(H,8,9)(H,10,11). The van der Waals surface area contributed by atoms with E-state index in [0.717, 1.165) is 0 Å². The Morgan fingerprint density at radius 2 is 2.08 bits per heavy atom. The van der Waals surface area contributed by atoms with Gasteiger partial charge in [-0.05, 0) is 13.8 Å². The third kappa shape index (κ3) is 4.62. The van der Waals surface area contributed by atoms with E-state index in [4.69, 9.17) is 5.11 Å². The van der Waals surface area contributed by atoms with Crippen molar-refractivity contribution in [3.63, 3.8) is 0 Å². The number of carboxylic acids is 1. The predicted molar refractivity (Wildman–Crippen MR) is 48.8 cm³/mol. The summed E-state index contributed by atoms with van der Waals surface area (Å²) in [6.45, 7) is 3.51. The minimum atomic E-state index is -1.64. The van der Waals surface area contributed by atoms with Gasteiger partial charge in [-0.15, -0.1) is 0 Å². The van der Waals surface area contributed by atoms with E-state index in [1.165, 1.54) is 6.92 Å². The van der Waals surface area contributed by atoms with Gasteiger partial charge in [-0.2, -0.15) is 0 Å². The van der Waals surface area contributed by atoms with Gasteiger partial charge in [0.25, 0.3) is 0 Å². The lowest BCUT2D eigenvalue weighted by molar-refractivity contribution is -0.136. The van der Waals surface area contributed by atoms with Gasteiger partial charge in [0.1, 0.15) is 11.0 Å². The summed E-state index contributed by atoms with van der Waals surface area (Å²) >= 11 is 0. The molecule has 0 fully saturated rings. The third-order valence-corrected chi connectivity index (χ3v) is 2.93. The van der Waals surface area contributed by atoms with Crippen molar-refractivity contribution >= 4 is 22.7 Å². The van der Waals surface area contributed by atoms with E-state index in [-0.39, 0.29) is 11.7 Å². The molecule has 1 amide bonds. The zero-order valence-electron chi connectivity index (χ0n) is 7.57. The van der Waals surface area contributed by atoms with Crippen LogP contribution >= 0.6 is 0 Å². The van der Waals surface area contributed by atoms with Crippen molar-refractivity contribution in [1.82, 2.24) is 5.32 Å². The van der Waals surface area contributed by atoms with Crippen LogP contribution < -0.4 is 5.32 Å². The van der Waals surface area contributed by atoms with Crippen LogP contribution in [-0.4, -0.2) is 38.7 Å². The molecule has 0 bridgehead atoms. The van der Waals surface area contributed by atoms with E-state index in [2.05, 4.69) is 5.32 Å². The summed E-state index contributed by atoms with van der Waals surface area (Å²) in [5.41, 5.74) is 0. The van der Waals surface area contributed by atoms with Gasteiger partial charge in [0, 0.05) is 17.3 Å². The first-order chi connectivity index (χ1) is 5.99. The van der Waals surface area contributed by atoms with Gasteiger partial charge in [0.2, 0.25) is 5.91 Å². The Kier molecular flexibility index (Phi) is 5.29. The highest BCUT2D eigenvalue weighted by molar-refractivity contribution is 7.87. The Morgan fingerprint density at radius 1 is 1.54 bits per heavy atom. The first-order valence-corrected chi connectivity index (χ1v) is 5.24. The fraction of sp³-hybridized carbons (Fsp3) is 0.714. The minimum absolute atomic E-state index is 0.249. The molecule has 0 heterocycles. The zero-order valence-corrected chi connectivity index (χ0v) is 8.39. The molecule has 0 aromatic rings. The number of carbonyl (C=O) groups is 2. The number of rotatable bonds is 5. The van der Waals surface area contributed by atoms with Crippen LogP contribution in [0.2, 0.25) is 0 Å². The maximum Gasteiger partial charge on any atom is 0.318 e. The number of hydrogen-bond donors (Lipinski definition) is 2. The van der Waals surface area contributed by atoms with Crippen molar-refractivity contribution in [2.24, 2.45) is 0 Å². The summed E-state index contributed by atoms with van der Waals surface area (Å²) in [6, 6.07) is 0. The Balaban J connectivity index is 4.00.